The van der Waals surface area contributed by atoms with Gasteiger partial charge in [0, 0.05) is 12.4 Å². The number of ether oxygens (including phenoxy) is 1. The molecule has 0 saturated heterocycles. The normalized spacial score (nSPS) is 11.9. The summed E-state index contributed by atoms with van der Waals surface area (Å²) in [5, 5.41) is 12.6. The Morgan fingerprint density at radius 1 is 1.30 bits per heavy atom. The summed E-state index contributed by atoms with van der Waals surface area (Å²) in [6.07, 6.45) is 3.57. The lowest BCUT2D eigenvalue weighted by molar-refractivity contribution is -0.144. The molecule has 23 heavy (non-hydrogen) atoms. The number of carboxylic acid groups (broad SMARTS) is 1. The molecule has 0 aliphatic carbocycles. The number of hydrazone groups is 1. The molecule has 0 bridgehead atoms. The zero-order valence-corrected chi connectivity index (χ0v) is 12.3. The van der Waals surface area contributed by atoms with E-state index in [1.165, 1.54) is 19.3 Å². The molecule has 0 aliphatic rings. The van der Waals surface area contributed by atoms with Crippen LogP contribution in [0.3, 0.4) is 0 Å². The molecule has 1 aromatic heterocycles. The summed E-state index contributed by atoms with van der Waals surface area (Å²) >= 11 is 0. The van der Waals surface area contributed by atoms with Crippen LogP contribution in [0.25, 0.3) is 0 Å². The number of carboxylic acids is 1. The second-order valence-electron chi connectivity index (χ2n) is 4.61. The molecule has 0 aliphatic heterocycles. The fourth-order valence-corrected chi connectivity index (χ4v) is 1.61. The molecule has 2 rings (SSSR count). The number of aromatic nitrogens is 1. The second-order valence-corrected chi connectivity index (χ2v) is 4.61. The number of rotatable bonds is 6. The first kappa shape index (κ1) is 16.2. The Bertz CT molecular complexity index is 699. The molecule has 0 fully saturated rings. The third-order valence-electron chi connectivity index (χ3n) is 2.84. The third-order valence-corrected chi connectivity index (χ3v) is 2.84. The van der Waals surface area contributed by atoms with Gasteiger partial charge in [0.05, 0.1) is 11.8 Å². The molecular formula is C16H15N3O4. The third kappa shape index (κ3) is 4.92. The number of carbonyl (C=O) groups is 2. The first-order valence-electron chi connectivity index (χ1n) is 6.79. The van der Waals surface area contributed by atoms with Crippen LogP contribution in [0.5, 0.6) is 5.75 Å². The van der Waals surface area contributed by atoms with Crippen molar-refractivity contribution in [2.75, 3.05) is 0 Å². The lowest BCUT2D eigenvalue weighted by Crippen LogP contribution is -2.22. The van der Waals surface area contributed by atoms with Crippen molar-refractivity contribution in [1.29, 1.82) is 0 Å². The summed E-state index contributed by atoms with van der Waals surface area (Å²) in [4.78, 5) is 26.3. The highest BCUT2D eigenvalue weighted by atomic mass is 16.5. The van der Waals surface area contributed by atoms with Crippen molar-refractivity contribution >= 4 is 18.1 Å². The van der Waals surface area contributed by atoms with Gasteiger partial charge in [-0.3, -0.25) is 9.78 Å². The highest BCUT2D eigenvalue weighted by Crippen LogP contribution is 2.13. The van der Waals surface area contributed by atoms with Crippen LogP contribution >= 0.6 is 0 Å². The smallest absolute Gasteiger partial charge is 0.344 e. The van der Waals surface area contributed by atoms with Gasteiger partial charge in [-0.15, -0.1) is 0 Å². The van der Waals surface area contributed by atoms with Gasteiger partial charge < -0.3 is 9.84 Å². The van der Waals surface area contributed by atoms with E-state index in [-0.39, 0.29) is 5.91 Å². The average molecular weight is 313 g/mol. The molecule has 118 valence electrons. The summed E-state index contributed by atoms with van der Waals surface area (Å²) in [5.41, 5.74) is 3.53. The number of amides is 1. The van der Waals surface area contributed by atoms with Crippen LogP contribution in [-0.4, -0.2) is 34.3 Å². The molecule has 0 unspecified atom stereocenters. The maximum atomic E-state index is 11.7. The maximum Gasteiger partial charge on any atom is 0.344 e. The van der Waals surface area contributed by atoms with Gasteiger partial charge in [0.25, 0.3) is 5.91 Å². The average Bonchev–Trinajstić information content (AvgIpc) is 2.57. The molecule has 1 heterocycles. The standard InChI is InChI=1S/C16H15N3O4/c1-11(16(21)22)23-14-6-4-12(5-7-14)9-18-19-15(20)13-3-2-8-17-10-13/h2-11H,1H3,(H,19,20)(H,21,22)/b18-9-/t11-/m0/s1. The van der Waals surface area contributed by atoms with E-state index in [0.29, 0.717) is 11.3 Å². The molecule has 1 atom stereocenters. The summed E-state index contributed by atoms with van der Waals surface area (Å²) < 4.78 is 5.21. The number of carbonyl (C=O) groups excluding carboxylic acids is 1. The molecule has 1 amide bonds. The van der Waals surface area contributed by atoms with E-state index < -0.39 is 12.1 Å². The Kier molecular flexibility index (Phi) is 5.40. The van der Waals surface area contributed by atoms with Gasteiger partial charge in [-0.2, -0.15) is 5.10 Å². The predicted molar refractivity (Wildman–Crippen MR) is 83.5 cm³/mol. The van der Waals surface area contributed by atoms with Crippen molar-refractivity contribution < 1.29 is 19.4 Å². The Balaban J connectivity index is 1.90. The van der Waals surface area contributed by atoms with Crippen LogP contribution in [0.1, 0.15) is 22.8 Å². The number of aliphatic carboxylic acids is 1. The van der Waals surface area contributed by atoms with Gasteiger partial charge in [-0.25, -0.2) is 10.2 Å². The van der Waals surface area contributed by atoms with E-state index in [9.17, 15) is 9.59 Å². The lowest BCUT2D eigenvalue weighted by Gasteiger charge is -2.09. The van der Waals surface area contributed by atoms with Crippen molar-refractivity contribution in [2.45, 2.75) is 13.0 Å². The molecule has 2 aromatic rings. The number of hydrogen-bond donors (Lipinski definition) is 2. The molecular weight excluding hydrogens is 298 g/mol. The molecule has 0 spiro atoms. The van der Waals surface area contributed by atoms with Gasteiger partial charge in [0.2, 0.25) is 0 Å². The number of nitrogens with one attached hydrogen (secondary N) is 1. The van der Waals surface area contributed by atoms with E-state index in [1.54, 1.807) is 42.6 Å². The molecule has 2 N–H and O–H groups in total. The monoisotopic (exact) mass is 313 g/mol. The predicted octanol–water partition coefficient (Wildman–Crippen LogP) is 1.70. The topological polar surface area (TPSA) is 101 Å². The van der Waals surface area contributed by atoms with Crippen LogP contribution in [0.2, 0.25) is 0 Å². The Morgan fingerprint density at radius 3 is 2.65 bits per heavy atom. The zero-order chi connectivity index (χ0) is 16.7. The second kappa shape index (κ2) is 7.69. The van der Waals surface area contributed by atoms with Crippen LogP contribution in [-0.2, 0) is 4.79 Å². The highest BCUT2D eigenvalue weighted by molar-refractivity contribution is 5.94. The van der Waals surface area contributed by atoms with Gasteiger partial charge in [-0.05, 0) is 48.9 Å². The van der Waals surface area contributed by atoms with E-state index in [2.05, 4.69) is 15.5 Å². The number of pyridine rings is 1. The van der Waals surface area contributed by atoms with E-state index in [0.717, 1.165) is 5.56 Å². The van der Waals surface area contributed by atoms with Crippen LogP contribution in [0.4, 0.5) is 0 Å². The van der Waals surface area contributed by atoms with Crippen molar-refractivity contribution in [2.24, 2.45) is 5.10 Å². The van der Waals surface area contributed by atoms with E-state index in [4.69, 9.17) is 9.84 Å². The maximum absolute atomic E-state index is 11.7. The minimum atomic E-state index is -1.03. The SMILES string of the molecule is C[C@H](Oc1ccc(/C=N\NC(=O)c2cccnc2)cc1)C(=O)O. The zero-order valence-electron chi connectivity index (χ0n) is 12.3. The molecule has 1 aromatic carbocycles. The van der Waals surface area contributed by atoms with E-state index in [1.807, 2.05) is 0 Å². The van der Waals surface area contributed by atoms with Crippen molar-refractivity contribution in [3.63, 3.8) is 0 Å². The Hall–Kier alpha value is -3.22. The van der Waals surface area contributed by atoms with Crippen LogP contribution in [0, 0.1) is 0 Å². The molecule has 0 radical (unpaired) electrons. The minimum absolute atomic E-state index is 0.357. The molecule has 0 saturated carbocycles. The fourth-order valence-electron chi connectivity index (χ4n) is 1.61. The fraction of sp³-hybridized carbons (Fsp3) is 0.125. The van der Waals surface area contributed by atoms with Crippen molar-refractivity contribution in [3.05, 3.63) is 59.9 Å². The van der Waals surface area contributed by atoms with Gasteiger partial charge in [-0.1, -0.05) is 0 Å². The van der Waals surface area contributed by atoms with Crippen LogP contribution in [0.15, 0.2) is 53.9 Å². The quantitative estimate of drug-likeness (QED) is 0.624. The van der Waals surface area contributed by atoms with Crippen LogP contribution < -0.4 is 10.2 Å². The lowest BCUT2D eigenvalue weighted by atomic mass is 10.2. The summed E-state index contributed by atoms with van der Waals surface area (Å²) in [5.74, 6) is -0.949. The minimum Gasteiger partial charge on any atom is -0.479 e. The Morgan fingerprint density at radius 2 is 2.04 bits per heavy atom. The summed E-state index contributed by atoms with van der Waals surface area (Å²) in [7, 11) is 0. The largest absolute Gasteiger partial charge is 0.479 e. The number of hydrogen-bond acceptors (Lipinski definition) is 5. The molecule has 7 nitrogen and oxygen atoms in total. The van der Waals surface area contributed by atoms with Crippen molar-refractivity contribution in [1.82, 2.24) is 10.4 Å². The van der Waals surface area contributed by atoms with Gasteiger partial charge in [0.15, 0.2) is 6.10 Å². The van der Waals surface area contributed by atoms with Gasteiger partial charge >= 0.3 is 5.97 Å². The molecule has 7 heteroatoms. The summed E-state index contributed by atoms with van der Waals surface area (Å²) in [6, 6.07) is 9.95. The number of benzene rings is 1. The highest BCUT2D eigenvalue weighted by Gasteiger charge is 2.11. The summed E-state index contributed by atoms with van der Waals surface area (Å²) in [6.45, 7) is 1.45. The van der Waals surface area contributed by atoms with E-state index >= 15 is 0 Å². The van der Waals surface area contributed by atoms with Gasteiger partial charge in [0.1, 0.15) is 5.75 Å². The number of nitrogens with zero attached hydrogens (tertiary/aromatic N) is 2. The first-order chi connectivity index (χ1) is 11.1. The first-order valence-corrected chi connectivity index (χ1v) is 6.79. The Labute approximate surface area is 132 Å². The van der Waals surface area contributed by atoms with Crippen molar-refractivity contribution in [3.8, 4) is 5.75 Å².